The van der Waals surface area contributed by atoms with Crippen LogP contribution < -0.4 is 11.1 Å². The average molecular weight is 238 g/mol. The molecule has 0 aliphatic rings. The maximum absolute atomic E-state index is 10.8. The highest BCUT2D eigenvalue weighted by molar-refractivity contribution is 5.79. The number of aliphatic hydroxyl groups excluding tert-OH is 2. The highest BCUT2D eigenvalue weighted by Gasteiger charge is 2.23. The Bertz CT molecular complexity index is 382. The summed E-state index contributed by atoms with van der Waals surface area (Å²) in [7, 11) is 0. The van der Waals surface area contributed by atoms with Gasteiger partial charge in [0.2, 0.25) is 5.91 Å². The molecule has 17 heavy (non-hydrogen) atoms. The van der Waals surface area contributed by atoms with Gasteiger partial charge in [-0.3, -0.25) is 4.79 Å². The Morgan fingerprint density at radius 1 is 1.47 bits per heavy atom. The fraction of sp³-hybridized carbons (Fsp3) is 0.417. The average Bonchev–Trinajstić information content (AvgIpc) is 2.34. The van der Waals surface area contributed by atoms with Crippen LogP contribution in [0.3, 0.4) is 0 Å². The summed E-state index contributed by atoms with van der Waals surface area (Å²) < 4.78 is 0. The summed E-state index contributed by atoms with van der Waals surface area (Å²) in [6.45, 7) is 3.51. The van der Waals surface area contributed by atoms with Gasteiger partial charge in [0, 0.05) is 6.54 Å². The van der Waals surface area contributed by atoms with Gasteiger partial charge in [-0.05, 0) is 17.7 Å². The van der Waals surface area contributed by atoms with Crippen molar-refractivity contribution in [1.82, 2.24) is 5.32 Å². The van der Waals surface area contributed by atoms with Crippen molar-refractivity contribution < 1.29 is 15.0 Å². The molecule has 1 aromatic carbocycles. The molecule has 0 radical (unpaired) electrons. The monoisotopic (exact) mass is 238 g/mol. The number of amides is 1. The number of nitrogens with one attached hydrogen (secondary N) is 1. The van der Waals surface area contributed by atoms with Crippen LogP contribution in [0.5, 0.6) is 0 Å². The first-order valence-electron chi connectivity index (χ1n) is 5.51. The van der Waals surface area contributed by atoms with Crippen LogP contribution in [0.1, 0.15) is 24.2 Å². The minimum Gasteiger partial charge on any atom is -0.385 e. The van der Waals surface area contributed by atoms with Gasteiger partial charge in [-0.1, -0.05) is 31.2 Å². The molecule has 1 amide bonds. The summed E-state index contributed by atoms with van der Waals surface area (Å²) in [5, 5.41) is 22.3. The number of hydrogen-bond donors (Lipinski definition) is 4. The van der Waals surface area contributed by atoms with Crippen LogP contribution in [0.15, 0.2) is 24.3 Å². The van der Waals surface area contributed by atoms with Crippen LogP contribution in [0.4, 0.5) is 0 Å². The van der Waals surface area contributed by atoms with Gasteiger partial charge in [-0.2, -0.15) is 0 Å². The van der Waals surface area contributed by atoms with E-state index in [4.69, 9.17) is 5.73 Å². The van der Waals surface area contributed by atoms with Crippen molar-refractivity contribution in [3.8, 4) is 0 Å². The molecule has 5 heteroatoms. The fourth-order valence-corrected chi connectivity index (χ4v) is 1.49. The standard InChI is InChI=1S/C12H18N2O3/c1-2-14-7-8-4-3-5-9(6-8)10(15)11(16)12(13)17/h3-6,10-11,14-16H,2,7H2,1H3,(H2,13,17). The Morgan fingerprint density at radius 3 is 2.76 bits per heavy atom. The topological polar surface area (TPSA) is 95.6 Å². The van der Waals surface area contributed by atoms with E-state index in [1.54, 1.807) is 18.2 Å². The summed E-state index contributed by atoms with van der Waals surface area (Å²) >= 11 is 0. The lowest BCUT2D eigenvalue weighted by atomic mass is 10.0. The second-order valence-electron chi connectivity index (χ2n) is 3.82. The fourth-order valence-electron chi connectivity index (χ4n) is 1.49. The predicted octanol–water partition coefficient (Wildman–Crippen LogP) is -0.324. The molecule has 1 rings (SSSR count). The molecular weight excluding hydrogens is 220 g/mol. The Labute approximate surface area is 100 Å². The lowest BCUT2D eigenvalue weighted by Gasteiger charge is -2.16. The van der Waals surface area contributed by atoms with Gasteiger partial charge < -0.3 is 21.3 Å². The quantitative estimate of drug-likeness (QED) is 0.546. The predicted molar refractivity (Wildman–Crippen MR) is 64.0 cm³/mol. The first-order chi connectivity index (χ1) is 8.06. The molecule has 0 aliphatic heterocycles. The smallest absolute Gasteiger partial charge is 0.249 e. The SMILES string of the molecule is CCNCc1cccc(C(O)C(O)C(N)=O)c1. The minimum atomic E-state index is -1.58. The summed E-state index contributed by atoms with van der Waals surface area (Å²) in [6, 6.07) is 7.04. The highest BCUT2D eigenvalue weighted by Crippen LogP contribution is 2.18. The van der Waals surface area contributed by atoms with E-state index in [2.05, 4.69) is 5.32 Å². The summed E-state index contributed by atoms with van der Waals surface area (Å²) in [6.07, 6.45) is -2.86. The third-order valence-electron chi connectivity index (χ3n) is 2.46. The number of carbonyl (C=O) groups excluding carboxylic acids is 1. The lowest BCUT2D eigenvalue weighted by Crippen LogP contribution is -2.33. The molecule has 0 heterocycles. The minimum absolute atomic E-state index is 0.478. The van der Waals surface area contributed by atoms with Crippen molar-refractivity contribution in [2.75, 3.05) is 6.54 Å². The van der Waals surface area contributed by atoms with Gasteiger partial charge >= 0.3 is 0 Å². The number of rotatable bonds is 6. The molecule has 0 bridgehead atoms. The van der Waals surface area contributed by atoms with Crippen molar-refractivity contribution in [2.24, 2.45) is 5.73 Å². The van der Waals surface area contributed by atoms with Gasteiger partial charge in [0.25, 0.3) is 0 Å². The first kappa shape index (κ1) is 13.6. The van der Waals surface area contributed by atoms with E-state index < -0.39 is 18.1 Å². The third-order valence-corrected chi connectivity index (χ3v) is 2.46. The maximum atomic E-state index is 10.8. The molecule has 5 nitrogen and oxygen atoms in total. The lowest BCUT2D eigenvalue weighted by molar-refractivity contribution is -0.131. The highest BCUT2D eigenvalue weighted by atomic mass is 16.3. The van der Waals surface area contributed by atoms with Gasteiger partial charge in [-0.15, -0.1) is 0 Å². The number of carbonyl (C=O) groups is 1. The van der Waals surface area contributed by atoms with Gasteiger partial charge in [-0.25, -0.2) is 0 Å². The Hall–Kier alpha value is -1.43. The van der Waals surface area contributed by atoms with Gasteiger partial charge in [0.05, 0.1) is 0 Å². The van der Waals surface area contributed by atoms with Crippen molar-refractivity contribution in [3.05, 3.63) is 35.4 Å². The number of nitrogens with two attached hydrogens (primary N) is 1. The first-order valence-corrected chi connectivity index (χ1v) is 5.51. The van der Waals surface area contributed by atoms with E-state index in [0.717, 1.165) is 12.1 Å². The molecule has 0 saturated heterocycles. The van der Waals surface area contributed by atoms with Crippen LogP contribution in [0, 0.1) is 0 Å². The Balaban J connectivity index is 2.80. The third kappa shape index (κ3) is 3.81. The molecule has 0 fully saturated rings. The molecule has 0 spiro atoms. The normalized spacial score (nSPS) is 14.3. The molecule has 0 saturated carbocycles. The van der Waals surface area contributed by atoms with Crippen molar-refractivity contribution in [1.29, 1.82) is 0 Å². The Kier molecular flexibility index (Phi) is 5.09. The van der Waals surface area contributed by atoms with Gasteiger partial charge in [0.1, 0.15) is 6.10 Å². The molecule has 2 atom stereocenters. The van der Waals surface area contributed by atoms with E-state index in [9.17, 15) is 15.0 Å². The van der Waals surface area contributed by atoms with Crippen molar-refractivity contribution in [3.63, 3.8) is 0 Å². The number of primary amides is 1. The maximum Gasteiger partial charge on any atom is 0.249 e. The molecule has 1 aromatic rings. The number of hydrogen-bond acceptors (Lipinski definition) is 4. The largest absolute Gasteiger partial charge is 0.385 e. The summed E-state index contributed by atoms with van der Waals surface area (Å²) in [4.78, 5) is 10.8. The zero-order valence-electron chi connectivity index (χ0n) is 9.76. The van der Waals surface area contributed by atoms with E-state index in [1.165, 1.54) is 0 Å². The van der Waals surface area contributed by atoms with Crippen LogP contribution in [-0.2, 0) is 11.3 Å². The van der Waals surface area contributed by atoms with Crippen LogP contribution in [0.2, 0.25) is 0 Å². The van der Waals surface area contributed by atoms with Crippen LogP contribution in [-0.4, -0.2) is 28.8 Å². The second kappa shape index (κ2) is 6.34. The molecule has 0 aromatic heterocycles. The summed E-state index contributed by atoms with van der Waals surface area (Å²) in [5.41, 5.74) is 6.38. The van der Waals surface area contributed by atoms with Crippen molar-refractivity contribution in [2.45, 2.75) is 25.7 Å². The van der Waals surface area contributed by atoms with E-state index in [1.807, 2.05) is 13.0 Å². The van der Waals surface area contributed by atoms with Crippen molar-refractivity contribution >= 4 is 5.91 Å². The molecular formula is C12H18N2O3. The molecule has 2 unspecified atom stereocenters. The zero-order chi connectivity index (χ0) is 12.8. The van der Waals surface area contributed by atoms with E-state index >= 15 is 0 Å². The second-order valence-corrected chi connectivity index (χ2v) is 3.82. The molecule has 5 N–H and O–H groups in total. The number of aliphatic hydroxyl groups is 2. The van der Waals surface area contributed by atoms with Crippen LogP contribution >= 0.6 is 0 Å². The zero-order valence-corrected chi connectivity index (χ0v) is 9.76. The Morgan fingerprint density at radius 2 is 2.18 bits per heavy atom. The molecule has 0 aliphatic carbocycles. The van der Waals surface area contributed by atoms with Crippen LogP contribution in [0.25, 0.3) is 0 Å². The summed E-state index contributed by atoms with van der Waals surface area (Å²) in [5.74, 6) is -0.936. The number of benzene rings is 1. The van der Waals surface area contributed by atoms with Gasteiger partial charge in [0.15, 0.2) is 6.10 Å². The molecule has 94 valence electrons. The van der Waals surface area contributed by atoms with E-state index in [0.29, 0.717) is 12.1 Å². The van der Waals surface area contributed by atoms with E-state index in [-0.39, 0.29) is 0 Å².